The first-order valence-corrected chi connectivity index (χ1v) is 13.2. The number of benzene rings is 4. The van der Waals surface area contributed by atoms with Crippen molar-refractivity contribution in [1.82, 2.24) is 0 Å². The number of anilines is 2. The van der Waals surface area contributed by atoms with Crippen LogP contribution in [-0.4, -0.2) is 21.5 Å². The second-order valence-corrected chi connectivity index (χ2v) is 10.4. The van der Waals surface area contributed by atoms with Gasteiger partial charge in [-0.05, 0) is 54.9 Å². The minimum atomic E-state index is -0.726. The first kappa shape index (κ1) is 23.3. The highest BCUT2D eigenvalue weighted by Gasteiger charge is 2.53. The molecule has 0 bridgehead atoms. The summed E-state index contributed by atoms with van der Waals surface area (Å²) in [5.41, 5.74) is 5.84. The summed E-state index contributed by atoms with van der Waals surface area (Å²) in [6.07, 6.45) is 1.48. The van der Waals surface area contributed by atoms with Crippen LogP contribution in [-0.2, 0) is 0 Å². The van der Waals surface area contributed by atoms with Gasteiger partial charge >= 0.3 is 0 Å². The molecular formula is C31H26N4OS. The summed E-state index contributed by atoms with van der Waals surface area (Å²) in [6.45, 7) is 2.09. The van der Waals surface area contributed by atoms with E-state index in [-0.39, 0.29) is 5.78 Å². The molecule has 5 nitrogen and oxygen atoms in total. The van der Waals surface area contributed by atoms with Gasteiger partial charge in [-0.25, -0.2) is 10.0 Å². The minimum absolute atomic E-state index is 0.0790. The van der Waals surface area contributed by atoms with Crippen molar-refractivity contribution >= 4 is 39.7 Å². The monoisotopic (exact) mass is 502 g/mol. The molecule has 0 unspecified atom stereocenters. The van der Waals surface area contributed by atoms with Crippen LogP contribution in [0.25, 0.3) is 0 Å². The van der Waals surface area contributed by atoms with E-state index in [2.05, 4.69) is 48.3 Å². The summed E-state index contributed by atoms with van der Waals surface area (Å²) in [5, 5.41) is 14.7. The SMILES string of the molecule is Cc1ccc(C2=NN(c3ccccc3)[C@]3(CC2)SC(C(=O)c2ccccc2)=NN3c2ccccc2)cc1. The van der Waals surface area contributed by atoms with Crippen molar-refractivity contribution in [3.63, 3.8) is 0 Å². The van der Waals surface area contributed by atoms with Gasteiger partial charge in [0.25, 0.3) is 0 Å². The Kier molecular flexibility index (Phi) is 6.10. The van der Waals surface area contributed by atoms with Gasteiger partial charge in [0.05, 0.1) is 17.1 Å². The van der Waals surface area contributed by atoms with Crippen molar-refractivity contribution in [3.8, 4) is 0 Å². The molecule has 0 fully saturated rings. The quantitative estimate of drug-likeness (QED) is 0.273. The van der Waals surface area contributed by atoms with Crippen LogP contribution in [0.5, 0.6) is 0 Å². The molecule has 0 radical (unpaired) electrons. The molecule has 2 aliphatic heterocycles. The number of rotatable bonds is 5. The summed E-state index contributed by atoms with van der Waals surface area (Å²) in [5.74, 6) is -0.0790. The highest BCUT2D eigenvalue weighted by molar-refractivity contribution is 8.17. The van der Waals surface area contributed by atoms with Crippen molar-refractivity contribution < 1.29 is 4.79 Å². The van der Waals surface area contributed by atoms with Crippen LogP contribution in [0.15, 0.2) is 125 Å². The normalized spacial score (nSPS) is 19.1. The number of nitrogens with zero attached hydrogens (tertiary/aromatic N) is 4. The van der Waals surface area contributed by atoms with Crippen LogP contribution < -0.4 is 10.0 Å². The second-order valence-electron chi connectivity index (χ2n) is 9.15. The van der Waals surface area contributed by atoms with Crippen molar-refractivity contribution in [2.75, 3.05) is 10.0 Å². The molecule has 1 spiro atoms. The van der Waals surface area contributed by atoms with Crippen molar-refractivity contribution in [2.45, 2.75) is 24.8 Å². The topological polar surface area (TPSA) is 48.3 Å². The molecule has 0 amide bonds. The lowest BCUT2D eigenvalue weighted by Crippen LogP contribution is -2.56. The first-order chi connectivity index (χ1) is 18.1. The molecule has 0 N–H and O–H groups in total. The van der Waals surface area contributed by atoms with Gasteiger partial charge in [0.1, 0.15) is 0 Å². The Hall–Kier alpha value is -4.16. The maximum atomic E-state index is 13.6. The lowest BCUT2D eigenvalue weighted by atomic mass is 10.0. The molecule has 182 valence electrons. The summed E-state index contributed by atoms with van der Waals surface area (Å²) in [4.78, 5) is 12.9. The summed E-state index contributed by atoms with van der Waals surface area (Å²) in [7, 11) is 0. The summed E-state index contributed by atoms with van der Waals surface area (Å²) >= 11 is 1.49. The number of carbonyl (C=O) groups excluding carboxylic acids is 1. The highest BCUT2D eigenvalue weighted by Crippen LogP contribution is 2.50. The lowest BCUT2D eigenvalue weighted by molar-refractivity contribution is 0.106. The van der Waals surface area contributed by atoms with Crippen LogP contribution >= 0.6 is 11.8 Å². The number of carbonyl (C=O) groups is 1. The van der Waals surface area contributed by atoms with Gasteiger partial charge in [-0.2, -0.15) is 10.2 Å². The van der Waals surface area contributed by atoms with Gasteiger partial charge in [0, 0.05) is 12.0 Å². The molecule has 6 heteroatoms. The maximum absolute atomic E-state index is 13.6. The molecule has 2 heterocycles. The molecule has 0 aliphatic carbocycles. The van der Waals surface area contributed by atoms with E-state index < -0.39 is 4.99 Å². The Morgan fingerprint density at radius 3 is 1.86 bits per heavy atom. The van der Waals surface area contributed by atoms with Crippen molar-refractivity contribution in [2.24, 2.45) is 10.2 Å². The maximum Gasteiger partial charge on any atom is 0.219 e. The lowest BCUT2D eigenvalue weighted by Gasteiger charge is -2.46. The van der Waals surface area contributed by atoms with Gasteiger partial charge < -0.3 is 0 Å². The number of hydrazone groups is 2. The molecule has 0 saturated carbocycles. The van der Waals surface area contributed by atoms with Gasteiger partial charge in [-0.1, -0.05) is 96.6 Å². The smallest absolute Gasteiger partial charge is 0.219 e. The zero-order valence-electron chi connectivity index (χ0n) is 20.5. The average molecular weight is 503 g/mol. The molecule has 6 rings (SSSR count). The third-order valence-corrected chi connectivity index (χ3v) is 7.97. The van der Waals surface area contributed by atoms with E-state index in [1.54, 1.807) is 0 Å². The molecular weight excluding hydrogens is 476 g/mol. The fourth-order valence-electron chi connectivity index (χ4n) is 4.72. The molecule has 0 saturated heterocycles. The number of aryl methyl sites for hydroxylation is 1. The third-order valence-electron chi connectivity index (χ3n) is 6.64. The van der Waals surface area contributed by atoms with E-state index in [9.17, 15) is 4.79 Å². The fraction of sp³-hybridized carbons (Fsp3) is 0.129. The van der Waals surface area contributed by atoms with Gasteiger partial charge in [-0.15, -0.1) is 0 Å². The third kappa shape index (κ3) is 4.34. The van der Waals surface area contributed by atoms with E-state index >= 15 is 0 Å². The largest absolute Gasteiger partial charge is 0.286 e. The summed E-state index contributed by atoms with van der Waals surface area (Å²) < 4.78 is 0. The van der Waals surface area contributed by atoms with Gasteiger partial charge in [-0.3, -0.25) is 4.79 Å². The van der Waals surface area contributed by atoms with Gasteiger partial charge in [0.15, 0.2) is 5.04 Å². The highest BCUT2D eigenvalue weighted by atomic mass is 32.2. The fourth-order valence-corrected chi connectivity index (χ4v) is 6.04. The standard InChI is InChI=1S/C31H26N4OS/c1-23-17-19-24(20-18-23)28-21-22-31(34(32-28)26-13-7-3-8-14-26)35(27-15-9-4-10-16-27)33-30(37-31)29(36)25-11-5-2-6-12-25/h2-20H,21-22H2,1H3/t31-/m0/s1. The molecule has 4 aromatic rings. The number of thioether (sulfide) groups is 1. The number of hydrogen-bond donors (Lipinski definition) is 0. The number of ketones is 1. The molecule has 37 heavy (non-hydrogen) atoms. The molecule has 4 aromatic carbocycles. The van der Waals surface area contributed by atoms with E-state index in [4.69, 9.17) is 10.2 Å². The summed E-state index contributed by atoms with van der Waals surface area (Å²) in [6, 6.07) is 38.1. The van der Waals surface area contributed by atoms with Crippen molar-refractivity contribution in [1.29, 1.82) is 0 Å². The average Bonchev–Trinajstić information content (AvgIpc) is 3.34. The second kappa shape index (κ2) is 9.71. The first-order valence-electron chi connectivity index (χ1n) is 12.4. The van der Waals surface area contributed by atoms with E-state index in [0.29, 0.717) is 10.6 Å². The van der Waals surface area contributed by atoms with Crippen molar-refractivity contribution in [3.05, 3.63) is 132 Å². The number of para-hydroxylation sites is 2. The Morgan fingerprint density at radius 2 is 1.27 bits per heavy atom. The Morgan fingerprint density at radius 1 is 0.730 bits per heavy atom. The zero-order chi connectivity index (χ0) is 25.2. The minimum Gasteiger partial charge on any atom is -0.286 e. The molecule has 0 aromatic heterocycles. The van der Waals surface area contributed by atoms with Crippen LogP contribution in [0, 0.1) is 6.92 Å². The molecule has 1 atom stereocenters. The predicted molar refractivity (Wildman–Crippen MR) is 153 cm³/mol. The number of hydrogen-bond acceptors (Lipinski definition) is 6. The van der Waals surface area contributed by atoms with E-state index in [1.807, 2.05) is 83.9 Å². The Balaban J connectivity index is 1.49. The number of Topliss-reactive ketones (excluding diaryl/α,β-unsaturated/α-hetero) is 1. The molecule has 2 aliphatic rings. The zero-order valence-corrected chi connectivity index (χ0v) is 21.3. The predicted octanol–water partition coefficient (Wildman–Crippen LogP) is 7.10. The van der Waals surface area contributed by atoms with Crippen LogP contribution in [0.4, 0.5) is 11.4 Å². The van der Waals surface area contributed by atoms with E-state index in [1.165, 1.54) is 17.3 Å². The Labute approximate surface area is 221 Å². The van der Waals surface area contributed by atoms with E-state index in [0.717, 1.165) is 35.5 Å². The Bertz CT molecular complexity index is 1470. The van der Waals surface area contributed by atoms with Gasteiger partial charge in [0.2, 0.25) is 10.8 Å². The van der Waals surface area contributed by atoms with Crippen LogP contribution in [0.1, 0.15) is 34.3 Å². The van der Waals surface area contributed by atoms with Crippen LogP contribution in [0.3, 0.4) is 0 Å². The van der Waals surface area contributed by atoms with Crippen LogP contribution in [0.2, 0.25) is 0 Å².